The van der Waals surface area contributed by atoms with Crippen LogP contribution in [-0.4, -0.2) is 25.3 Å². The lowest BCUT2D eigenvalue weighted by Crippen LogP contribution is -2.38. The summed E-state index contributed by atoms with van der Waals surface area (Å²) in [7, 11) is 0. The largest absolute Gasteiger partial charge is 0.323 e. The van der Waals surface area contributed by atoms with Crippen LogP contribution in [0.3, 0.4) is 0 Å². The molecule has 1 unspecified atom stereocenters. The molecular formula is C31H28ClN5O. The Hall–Kier alpha value is -4.29. The standard InChI is InChI=1S/C31H28ClN5O/c1-3-26-24-20-36(31(38)33-27-16-8-7-15-25(27)32)29(22-12-9-11-21(2)19-22)28-17-10-18-35(28)30(24)37(34-26)23-13-5-4-6-14-23/h4-19,29H,3,20H2,1-2H3,(H,33,38). The van der Waals surface area contributed by atoms with Crippen LogP contribution in [0.25, 0.3) is 11.5 Å². The lowest BCUT2D eigenvalue weighted by atomic mass is 10.00. The van der Waals surface area contributed by atoms with E-state index in [2.05, 4.69) is 66.3 Å². The van der Waals surface area contributed by atoms with Gasteiger partial charge in [-0.25, -0.2) is 9.48 Å². The van der Waals surface area contributed by atoms with Gasteiger partial charge in [0.15, 0.2) is 0 Å². The third-order valence-corrected chi connectivity index (χ3v) is 7.37. The molecule has 0 bridgehead atoms. The number of rotatable bonds is 4. The van der Waals surface area contributed by atoms with Crippen molar-refractivity contribution in [1.29, 1.82) is 0 Å². The van der Waals surface area contributed by atoms with Crippen molar-refractivity contribution < 1.29 is 4.79 Å². The number of urea groups is 1. The molecule has 38 heavy (non-hydrogen) atoms. The van der Waals surface area contributed by atoms with E-state index in [1.54, 1.807) is 6.07 Å². The average molecular weight is 522 g/mol. The zero-order chi connectivity index (χ0) is 26.2. The zero-order valence-corrected chi connectivity index (χ0v) is 22.1. The molecule has 0 spiro atoms. The van der Waals surface area contributed by atoms with Gasteiger partial charge in [-0.2, -0.15) is 5.10 Å². The molecule has 0 radical (unpaired) electrons. The summed E-state index contributed by atoms with van der Waals surface area (Å²) in [6.45, 7) is 4.57. The number of carbonyl (C=O) groups excluding carboxylic acids is 1. The van der Waals surface area contributed by atoms with Crippen molar-refractivity contribution in [3.63, 3.8) is 0 Å². The van der Waals surface area contributed by atoms with Gasteiger partial charge in [0.25, 0.3) is 0 Å². The third-order valence-electron chi connectivity index (χ3n) is 7.04. The summed E-state index contributed by atoms with van der Waals surface area (Å²) in [5, 5.41) is 8.59. The van der Waals surface area contributed by atoms with Gasteiger partial charge in [0.05, 0.1) is 40.4 Å². The van der Waals surface area contributed by atoms with Gasteiger partial charge < -0.3 is 14.8 Å². The van der Waals surface area contributed by atoms with Crippen molar-refractivity contribution in [1.82, 2.24) is 19.2 Å². The van der Waals surface area contributed by atoms with Crippen LogP contribution in [0.2, 0.25) is 5.02 Å². The molecular weight excluding hydrogens is 494 g/mol. The monoisotopic (exact) mass is 521 g/mol. The summed E-state index contributed by atoms with van der Waals surface area (Å²) < 4.78 is 4.19. The number of hydrogen-bond donors (Lipinski definition) is 1. The van der Waals surface area contributed by atoms with E-state index in [0.29, 0.717) is 17.3 Å². The molecule has 1 N–H and O–H groups in total. The fourth-order valence-corrected chi connectivity index (χ4v) is 5.47. The fourth-order valence-electron chi connectivity index (χ4n) is 5.29. The molecule has 6 nitrogen and oxygen atoms in total. The van der Waals surface area contributed by atoms with Crippen molar-refractivity contribution in [2.45, 2.75) is 32.9 Å². The van der Waals surface area contributed by atoms with Crippen LogP contribution in [0.1, 0.15) is 41.0 Å². The minimum absolute atomic E-state index is 0.222. The number of aromatic nitrogens is 3. The van der Waals surface area contributed by atoms with Crippen molar-refractivity contribution in [3.05, 3.63) is 130 Å². The van der Waals surface area contributed by atoms with Crippen molar-refractivity contribution in [2.75, 3.05) is 5.32 Å². The predicted octanol–water partition coefficient (Wildman–Crippen LogP) is 7.32. The van der Waals surface area contributed by atoms with Crippen LogP contribution in [0, 0.1) is 6.92 Å². The Morgan fingerprint density at radius 2 is 1.79 bits per heavy atom. The lowest BCUT2D eigenvalue weighted by molar-refractivity contribution is 0.194. The molecule has 1 aliphatic heterocycles. The van der Waals surface area contributed by atoms with Crippen LogP contribution in [-0.2, 0) is 13.0 Å². The number of para-hydroxylation sites is 2. The van der Waals surface area contributed by atoms with Crippen LogP contribution in [0.15, 0.2) is 97.2 Å². The van der Waals surface area contributed by atoms with E-state index in [9.17, 15) is 4.79 Å². The summed E-state index contributed by atoms with van der Waals surface area (Å²) in [5.41, 5.74) is 6.72. The van der Waals surface area contributed by atoms with Gasteiger partial charge >= 0.3 is 6.03 Å². The lowest BCUT2D eigenvalue weighted by Gasteiger charge is -2.31. The first-order valence-electron chi connectivity index (χ1n) is 12.8. The number of aryl methyl sites for hydroxylation is 2. The van der Waals surface area contributed by atoms with Crippen molar-refractivity contribution >= 4 is 23.3 Å². The van der Waals surface area contributed by atoms with Crippen LogP contribution in [0.5, 0.6) is 0 Å². The normalized spacial score (nSPS) is 14.5. The molecule has 3 heterocycles. The number of nitrogens with zero attached hydrogens (tertiary/aromatic N) is 4. The van der Waals surface area contributed by atoms with E-state index >= 15 is 0 Å². The molecule has 2 amide bonds. The maximum Gasteiger partial charge on any atom is 0.323 e. The Bertz CT molecular complexity index is 1620. The van der Waals surface area contributed by atoms with Gasteiger partial charge in [-0.1, -0.05) is 78.7 Å². The smallest absolute Gasteiger partial charge is 0.307 e. The van der Waals surface area contributed by atoms with Gasteiger partial charge in [-0.3, -0.25) is 0 Å². The highest BCUT2D eigenvalue weighted by molar-refractivity contribution is 6.33. The minimum Gasteiger partial charge on any atom is -0.307 e. The van der Waals surface area contributed by atoms with E-state index in [0.717, 1.165) is 46.0 Å². The molecule has 190 valence electrons. The second kappa shape index (κ2) is 9.88. The Balaban J connectivity index is 1.57. The summed E-state index contributed by atoms with van der Waals surface area (Å²) in [6.07, 6.45) is 2.81. The molecule has 0 saturated carbocycles. The summed E-state index contributed by atoms with van der Waals surface area (Å²) in [6, 6.07) is 29.4. The quantitative estimate of drug-likeness (QED) is 0.269. The number of benzene rings is 3. The number of anilines is 1. The minimum atomic E-state index is -0.325. The van der Waals surface area contributed by atoms with Gasteiger partial charge in [-0.05, 0) is 55.3 Å². The molecule has 1 aliphatic rings. The van der Waals surface area contributed by atoms with Crippen LogP contribution in [0.4, 0.5) is 10.5 Å². The number of hydrogen-bond acceptors (Lipinski definition) is 2. The van der Waals surface area contributed by atoms with Gasteiger partial charge in [0.1, 0.15) is 5.82 Å². The number of fused-ring (bicyclic) bond motifs is 3. The summed E-state index contributed by atoms with van der Waals surface area (Å²) in [5.74, 6) is 0.957. The Labute approximate surface area is 227 Å². The number of nitrogens with one attached hydrogen (secondary N) is 1. The zero-order valence-electron chi connectivity index (χ0n) is 21.3. The highest BCUT2D eigenvalue weighted by atomic mass is 35.5. The summed E-state index contributed by atoms with van der Waals surface area (Å²) >= 11 is 6.43. The highest BCUT2D eigenvalue weighted by Crippen LogP contribution is 2.39. The Morgan fingerprint density at radius 1 is 1.00 bits per heavy atom. The Kier molecular flexibility index (Phi) is 6.26. The molecule has 0 fully saturated rings. The average Bonchev–Trinajstić information content (AvgIpc) is 3.51. The van der Waals surface area contributed by atoms with Crippen molar-refractivity contribution in [2.24, 2.45) is 0 Å². The molecule has 0 aliphatic carbocycles. The second-order valence-electron chi connectivity index (χ2n) is 9.51. The van der Waals surface area contributed by atoms with Gasteiger partial charge in [0.2, 0.25) is 0 Å². The van der Waals surface area contributed by atoms with E-state index < -0.39 is 0 Å². The molecule has 2 aromatic heterocycles. The van der Waals surface area contributed by atoms with Gasteiger partial charge in [-0.15, -0.1) is 0 Å². The SMILES string of the molecule is CCc1nn(-c2ccccc2)c2c1CN(C(=O)Nc1ccccc1Cl)C(c1cccc(C)c1)c1cccn1-2. The first-order valence-corrected chi connectivity index (χ1v) is 13.2. The molecule has 7 heteroatoms. The number of halogens is 1. The maximum atomic E-state index is 14.1. The second-order valence-corrected chi connectivity index (χ2v) is 9.91. The predicted molar refractivity (Wildman–Crippen MR) is 151 cm³/mol. The molecule has 1 atom stereocenters. The number of carbonyl (C=O) groups is 1. The van der Waals surface area contributed by atoms with Crippen molar-refractivity contribution in [3.8, 4) is 11.5 Å². The first-order chi connectivity index (χ1) is 18.5. The highest BCUT2D eigenvalue weighted by Gasteiger charge is 2.36. The topological polar surface area (TPSA) is 55.1 Å². The van der Waals surface area contributed by atoms with Crippen LogP contribution >= 0.6 is 11.6 Å². The first kappa shape index (κ1) is 24.1. The van der Waals surface area contributed by atoms with Crippen LogP contribution < -0.4 is 5.32 Å². The third kappa shape index (κ3) is 4.17. The van der Waals surface area contributed by atoms with Gasteiger partial charge in [0, 0.05) is 11.8 Å². The van der Waals surface area contributed by atoms with E-state index in [-0.39, 0.29) is 12.1 Å². The molecule has 6 rings (SSSR count). The molecule has 3 aromatic carbocycles. The molecule has 5 aromatic rings. The molecule has 0 saturated heterocycles. The van der Waals surface area contributed by atoms with E-state index in [4.69, 9.17) is 16.7 Å². The maximum absolute atomic E-state index is 14.1. The van der Waals surface area contributed by atoms with E-state index in [1.807, 2.05) is 58.1 Å². The number of amides is 2. The summed E-state index contributed by atoms with van der Waals surface area (Å²) in [4.78, 5) is 16.0. The van der Waals surface area contributed by atoms with E-state index in [1.165, 1.54) is 0 Å². The Morgan fingerprint density at radius 3 is 2.55 bits per heavy atom. The fraction of sp³-hybridized carbons (Fsp3) is 0.161.